The van der Waals surface area contributed by atoms with Gasteiger partial charge in [0.05, 0.1) is 6.61 Å². The number of hydrogen-bond donors (Lipinski definition) is 5. The van der Waals surface area contributed by atoms with Crippen LogP contribution >= 0.6 is 0 Å². The van der Waals surface area contributed by atoms with Crippen molar-refractivity contribution in [3.63, 3.8) is 0 Å². The number of rotatable bonds is 4. The summed E-state index contributed by atoms with van der Waals surface area (Å²) in [6.45, 7) is -1.16. The highest BCUT2D eigenvalue weighted by molar-refractivity contribution is 6.02. The van der Waals surface area contributed by atoms with Gasteiger partial charge < -0.3 is 25.5 Å². The van der Waals surface area contributed by atoms with E-state index in [9.17, 15) is 9.59 Å². The van der Waals surface area contributed by atoms with Crippen molar-refractivity contribution >= 4 is 11.9 Å². The molecule has 0 spiro atoms. The molecule has 0 saturated heterocycles. The van der Waals surface area contributed by atoms with E-state index in [4.69, 9.17) is 25.5 Å². The van der Waals surface area contributed by atoms with Gasteiger partial charge in [-0.05, 0) is 0 Å². The molecule has 0 fully saturated rings. The third kappa shape index (κ3) is 1.52. The Morgan fingerprint density at radius 1 is 1.25 bits per heavy atom. The summed E-state index contributed by atoms with van der Waals surface area (Å²) in [5, 5.41) is 42.1. The zero-order valence-corrected chi connectivity index (χ0v) is 5.84. The molecule has 0 aromatic carbocycles. The van der Waals surface area contributed by atoms with Crippen LogP contribution in [0.4, 0.5) is 0 Å². The minimum absolute atomic E-state index is 1.16. The quantitative estimate of drug-likeness (QED) is 0.295. The van der Waals surface area contributed by atoms with Gasteiger partial charge in [0, 0.05) is 0 Å². The average molecular weight is 180 g/mol. The summed E-state index contributed by atoms with van der Waals surface area (Å²) in [5.74, 6) is -4.26. The molecule has 1 atom stereocenters. The Hall–Kier alpha value is -1.18. The summed E-state index contributed by atoms with van der Waals surface area (Å²) < 4.78 is 0. The van der Waals surface area contributed by atoms with Gasteiger partial charge in [0.15, 0.2) is 0 Å². The van der Waals surface area contributed by atoms with Crippen molar-refractivity contribution in [1.29, 1.82) is 0 Å². The maximum absolute atomic E-state index is 10.2. The lowest BCUT2D eigenvalue weighted by Gasteiger charge is -2.22. The van der Waals surface area contributed by atoms with E-state index in [0.29, 0.717) is 0 Å². The van der Waals surface area contributed by atoms with Crippen LogP contribution in [0, 0.1) is 0 Å². The van der Waals surface area contributed by atoms with Crippen molar-refractivity contribution in [3.05, 3.63) is 0 Å². The number of carboxylic acids is 2. The molecule has 12 heavy (non-hydrogen) atoms. The molecular formula is C5H8O7. The third-order valence-corrected chi connectivity index (χ3v) is 1.31. The molecule has 0 bridgehead atoms. The highest BCUT2D eigenvalue weighted by atomic mass is 16.5. The Morgan fingerprint density at radius 3 is 1.67 bits per heavy atom. The summed E-state index contributed by atoms with van der Waals surface area (Å²) in [5.41, 5.74) is -3.35. The Kier molecular flexibility index (Phi) is 3.14. The second-order valence-electron chi connectivity index (χ2n) is 2.08. The van der Waals surface area contributed by atoms with Crippen LogP contribution in [0.5, 0.6) is 0 Å². The minimum Gasteiger partial charge on any atom is -0.479 e. The lowest BCUT2D eigenvalue weighted by atomic mass is 9.98. The molecule has 0 heterocycles. The second-order valence-corrected chi connectivity index (χ2v) is 2.08. The largest absolute Gasteiger partial charge is 0.479 e. The van der Waals surface area contributed by atoms with E-state index in [2.05, 4.69) is 0 Å². The number of aliphatic carboxylic acids is 2. The van der Waals surface area contributed by atoms with Gasteiger partial charge in [0.1, 0.15) is 6.10 Å². The fraction of sp³-hybridized carbons (Fsp3) is 0.600. The first-order chi connectivity index (χ1) is 5.37. The van der Waals surface area contributed by atoms with E-state index in [1.807, 2.05) is 0 Å². The molecule has 0 aromatic rings. The van der Waals surface area contributed by atoms with E-state index in [0.717, 1.165) is 0 Å². The fourth-order valence-electron chi connectivity index (χ4n) is 0.509. The van der Waals surface area contributed by atoms with E-state index in [-0.39, 0.29) is 0 Å². The fourth-order valence-corrected chi connectivity index (χ4v) is 0.509. The van der Waals surface area contributed by atoms with Gasteiger partial charge in [-0.15, -0.1) is 0 Å². The Morgan fingerprint density at radius 2 is 1.58 bits per heavy atom. The van der Waals surface area contributed by atoms with Crippen LogP contribution in [0.3, 0.4) is 0 Å². The van der Waals surface area contributed by atoms with Crippen molar-refractivity contribution in [2.45, 2.75) is 11.7 Å². The first-order valence-corrected chi connectivity index (χ1v) is 2.85. The normalized spacial score (nSPS) is 13.9. The number of aliphatic hydroxyl groups is 3. The summed E-state index contributed by atoms with van der Waals surface area (Å²) in [4.78, 5) is 20.3. The SMILES string of the molecule is O=C(O)C(O)(C(=O)O)[C@@H](O)CO. The first-order valence-electron chi connectivity index (χ1n) is 2.85. The van der Waals surface area contributed by atoms with Gasteiger partial charge in [-0.25, -0.2) is 9.59 Å². The second kappa shape index (κ2) is 3.48. The van der Waals surface area contributed by atoms with Crippen molar-refractivity contribution in [2.24, 2.45) is 0 Å². The highest BCUT2D eigenvalue weighted by Crippen LogP contribution is 2.11. The van der Waals surface area contributed by atoms with Crippen LogP contribution in [0.15, 0.2) is 0 Å². The van der Waals surface area contributed by atoms with E-state index in [1.54, 1.807) is 0 Å². The molecule has 0 saturated carbocycles. The van der Waals surface area contributed by atoms with Gasteiger partial charge in [-0.2, -0.15) is 0 Å². The van der Waals surface area contributed by atoms with E-state index in [1.165, 1.54) is 0 Å². The standard InChI is InChI=1S/C5H8O7/c6-1-2(7)5(12,3(8)9)4(10)11/h2,6-7,12H,1H2,(H,8,9)(H,10,11)/t2-/m0/s1. The zero-order valence-electron chi connectivity index (χ0n) is 5.84. The summed E-state index contributed by atoms with van der Waals surface area (Å²) in [7, 11) is 0. The van der Waals surface area contributed by atoms with E-state index < -0.39 is 30.3 Å². The number of carbonyl (C=O) groups is 2. The van der Waals surface area contributed by atoms with Crippen LogP contribution < -0.4 is 0 Å². The number of hydrogen-bond acceptors (Lipinski definition) is 5. The first kappa shape index (κ1) is 10.8. The monoisotopic (exact) mass is 180 g/mol. The van der Waals surface area contributed by atoms with Crippen LogP contribution in [-0.2, 0) is 9.59 Å². The molecule has 7 heteroatoms. The van der Waals surface area contributed by atoms with Crippen molar-refractivity contribution in [1.82, 2.24) is 0 Å². The third-order valence-electron chi connectivity index (χ3n) is 1.31. The molecule has 0 unspecified atom stereocenters. The predicted molar refractivity (Wildman–Crippen MR) is 33.3 cm³/mol. The van der Waals surface area contributed by atoms with Gasteiger partial charge in [-0.1, -0.05) is 0 Å². The average Bonchev–Trinajstić information content (AvgIpc) is 2.00. The topological polar surface area (TPSA) is 135 Å². The molecule has 0 aliphatic rings. The van der Waals surface area contributed by atoms with Crippen LogP contribution in [0.1, 0.15) is 0 Å². The lowest BCUT2D eigenvalue weighted by Crippen LogP contribution is -2.57. The molecular weight excluding hydrogens is 172 g/mol. The molecule has 0 amide bonds. The molecule has 0 aliphatic carbocycles. The van der Waals surface area contributed by atoms with Gasteiger partial charge in [0.25, 0.3) is 5.60 Å². The molecule has 0 radical (unpaired) electrons. The molecule has 5 N–H and O–H groups in total. The number of aliphatic hydroxyl groups excluding tert-OH is 2. The molecule has 0 rings (SSSR count). The zero-order chi connectivity index (χ0) is 9.94. The predicted octanol–water partition coefficient (Wildman–Crippen LogP) is -2.76. The van der Waals surface area contributed by atoms with Crippen molar-refractivity contribution in [2.75, 3.05) is 6.61 Å². The molecule has 0 aliphatic heterocycles. The molecule has 70 valence electrons. The van der Waals surface area contributed by atoms with Crippen LogP contribution in [-0.4, -0.2) is 55.8 Å². The molecule has 0 aromatic heterocycles. The van der Waals surface area contributed by atoms with E-state index >= 15 is 0 Å². The highest BCUT2D eigenvalue weighted by Gasteiger charge is 2.51. The maximum atomic E-state index is 10.2. The Bertz CT molecular complexity index is 184. The van der Waals surface area contributed by atoms with Crippen LogP contribution in [0.2, 0.25) is 0 Å². The smallest absolute Gasteiger partial charge is 0.350 e. The lowest BCUT2D eigenvalue weighted by molar-refractivity contribution is -0.191. The summed E-state index contributed by atoms with van der Waals surface area (Å²) >= 11 is 0. The Labute approximate surface area is 66.5 Å². The minimum atomic E-state index is -3.35. The van der Waals surface area contributed by atoms with Crippen molar-refractivity contribution < 1.29 is 35.1 Å². The molecule has 7 nitrogen and oxygen atoms in total. The van der Waals surface area contributed by atoms with Gasteiger partial charge in [-0.3, -0.25) is 0 Å². The summed E-state index contributed by atoms with van der Waals surface area (Å²) in [6.07, 6.45) is -2.26. The number of carboxylic acid groups (broad SMARTS) is 2. The Balaban J connectivity index is 4.87. The summed E-state index contributed by atoms with van der Waals surface area (Å²) in [6, 6.07) is 0. The van der Waals surface area contributed by atoms with Gasteiger partial charge >= 0.3 is 11.9 Å². The van der Waals surface area contributed by atoms with Crippen molar-refractivity contribution in [3.8, 4) is 0 Å². The van der Waals surface area contributed by atoms with Crippen LogP contribution in [0.25, 0.3) is 0 Å². The maximum Gasteiger partial charge on any atom is 0.350 e. The van der Waals surface area contributed by atoms with Gasteiger partial charge in [0.2, 0.25) is 0 Å².